The highest BCUT2D eigenvalue weighted by Crippen LogP contribution is 2.22. The van der Waals surface area contributed by atoms with Gasteiger partial charge in [-0.3, -0.25) is 0 Å². The molecule has 0 aromatic heterocycles. The summed E-state index contributed by atoms with van der Waals surface area (Å²) in [7, 11) is 0. The van der Waals surface area contributed by atoms with E-state index < -0.39 is 0 Å². The maximum Gasteiger partial charge on any atom is 0.318 e. The van der Waals surface area contributed by atoms with Gasteiger partial charge in [-0.1, -0.05) is 5.57 Å². The van der Waals surface area contributed by atoms with E-state index in [2.05, 4.69) is 10.6 Å². The van der Waals surface area contributed by atoms with Crippen molar-refractivity contribution in [2.24, 2.45) is 0 Å². The molecule has 0 aromatic rings. The zero-order valence-electron chi connectivity index (χ0n) is 9.50. The molecular formula is C11H20N2O3. The van der Waals surface area contributed by atoms with Crippen molar-refractivity contribution in [1.29, 1.82) is 0 Å². The van der Waals surface area contributed by atoms with Crippen molar-refractivity contribution in [2.45, 2.75) is 25.7 Å². The summed E-state index contributed by atoms with van der Waals surface area (Å²) in [6, 6.07) is -0.202. The number of allylic oxidation sites excluding steroid dienone is 1. The van der Waals surface area contributed by atoms with Crippen LogP contribution in [0, 0.1) is 0 Å². The van der Waals surface area contributed by atoms with Crippen LogP contribution in [0.5, 0.6) is 0 Å². The minimum atomic E-state index is -0.202. The fourth-order valence-electron chi connectivity index (χ4n) is 1.60. The first-order valence-electron chi connectivity index (χ1n) is 5.74. The zero-order chi connectivity index (χ0) is 11.6. The second-order valence-corrected chi connectivity index (χ2v) is 3.75. The lowest BCUT2D eigenvalue weighted by atomic mass is 10.2. The van der Waals surface area contributed by atoms with Crippen LogP contribution in [0.15, 0.2) is 11.8 Å². The highest BCUT2D eigenvalue weighted by atomic mass is 16.5. The summed E-state index contributed by atoms with van der Waals surface area (Å²) < 4.78 is 5.00. The Kier molecular flexibility index (Phi) is 6.60. The van der Waals surface area contributed by atoms with Crippen molar-refractivity contribution < 1.29 is 14.6 Å². The topological polar surface area (TPSA) is 70.6 Å². The average Bonchev–Trinajstić information content (AvgIpc) is 2.79. The summed E-state index contributed by atoms with van der Waals surface area (Å²) in [5, 5.41) is 13.8. The second-order valence-electron chi connectivity index (χ2n) is 3.75. The van der Waals surface area contributed by atoms with Crippen molar-refractivity contribution in [2.75, 3.05) is 26.4 Å². The van der Waals surface area contributed by atoms with Gasteiger partial charge in [-0.2, -0.15) is 0 Å². The Labute approximate surface area is 95.9 Å². The third-order valence-corrected chi connectivity index (χ3v) is 2.42. The third kappa shape index (κ3) is 5.72. The van der Waals surface area contributed by atoms with E-state index in [1.54, 1.807) is 6.20 Å². The Bertz CT molecular complexity index is 233. The molecule has 1 aliphatic carbocycles. The lowest BCUT2D eigenvalue weighted by molar-refractivity contribution is 0.0948. The molecule has 0 saturated heterocycles. The molecule has 0 atom stereocenters. The number of carbonyl (C=O) groups is 1. The molecule has 0 unspecified atom stereocenters. The van der Waals surface area contributed by atoms with Crippen LogP contribution in [-0.4, -0.2) is 37.5 Å². The lowest BCUT2D eigenvalue weighted by Crippen LogP contribution is -2.34. The van der Waals surface area contributed by atoms with E-state index in [4.69, 9.17) is 9.84 Å². The SMILES string of the molecule is O=C(NC=C1CCCC1)NCCOCCO. The Morgan fingerprint density at radius 1 is 1.38 bits per heavy atom. The summed E-state index contributed by atoms with van der Waals surface area (Å²) in [5.41, 5.74) is 1.31. The van der Waals surface area contributed by atoms with Crippen LogP contribution < -0.4 is 10.6 Å². The van der Waals surface area contributed by atoms with Gasteiger partial charge in [0.25, 0.3) is 0 Å². The molecule has 1 aliphatic rings. The molecule has 0 heterocycles. The number of hydrogen-bond donors (Lipinski definition) is 3. The number of aliphatic hydroxyl groups is 1. The molecule has 0 aliphatic heterocycles. The van der Waals surface area contributed by atoms with Crippen molar-refractivity contribution in [3.8, 4) is 0 Å². The molecule has 0 radical (unpaired) electrons. The Morgan fingerprint density at radius 3 is 2.81 bits per heavy atom. The predicted octanol–water partition coefficient (Wildman–Crippen LogP) is 0.752. The molecule has 0 aromatic carbocycles. The van der Waals surface area contributed by atoms with Gasteiger partial charge in [-0.05, 0) is 25.7 Å². The van der Waals surface area contributed by atoms with Crippen LogP contribution in [0.25, 0.3) is 0 Å². The van der Waals surface area contributed by atoms with Gasteiger partial charge in [0.05, 0.1) is 19.8 Å². The molecule has 1 saturated carbocycles. The largest absolute Gasteiger partial charge is 0.394 e. The lowest BCUT2D eigenvalue weighted by Gasteiger charge is -2.05. The quantitative estimate of drug-likeness (QED) is 0.588. The Morgan fingerprint density at radius 2 is 2.12 bits per heavy atom. The molecule has 92 valence electrons. The molecule has 3 N–H and O–H groups in total. The molecule has 5 heteroatoms. The summed E-state index contributed by atoms with van der Waals surface area (Å²) in [4.78, 5) is 11.3. The molecular weight excluding hydrogens is 208 g/mol. The monoisotopic (exact) mass is 228 g/mol. The summed E-state index contributed by atoms with van der Waals surface area (Å²) in [6.07, 6.45) is 6.45. The molecule has 1 rings (SSSR count). The van der Waals surface area contributed by atoms with Crippen LogP contribution in [0.3, 0.4) is 0 Å². The maximum atomic E-state index is 11.3. The highest BCUT2D eigenvalue weighted by Gasteiger charge is 2.06. The number of rotatable bonds is 6. The van der Waals surface area contributed by atoms with E-state index in [0.717, 1.165) is 12.8 Å². The number of aliphatic hydroxyl groups excluding tert-OH is 1. The Balaban J connectivity index is 2.00. The van der Waals surface area contributed by atoms with E-state index in [1.165, 1.54) is 18.4 Å². The number of nitrogens with one attached hydrogen (secondary N) is 2. The van der Waals surface area contributed by atoms with Gasteiger partial charge in [0.15, 0.2) is 0 Å². The smallest absolute Gasteiger partial charge is 0.318 e. The average molecular weight is 228 g/mol. The van der Waals surface area contributed by atoms with E-state index in [-0.39, 0.29) is 12.6 Å². The van der Waals surface area contributed by atoms with Crippen LogP contribution in [0.1, 0.15) is 25.7 Å². The number of hydrogen-bond acceptors (Lipinski definition) is 3. The Hall–Kier alpha value is -1.07. The number of amides is 2. The first-order valence-corrected chi connectivity index (χ1v) is 5.74. The van der Waals surface area contributed by atoms with E-state index in [9.17, 15) is 4.79 Å². The second kappa shape index (κ2) is 8.13. The molecule has 1 fully saturated rings. The fraction of sp³-hybridized carbons (Fsp3) is 0.727. The van der Waals surface area contributed by atoms with Gasteiger partial charge >= 0.3 is 6.03 Å². The number of urea groups is 1. The minimum absolute atomic E-state index is 0.0122. The fourth-order valence-corrected chi connectivity index (χ4v) is 1.60. The maximum absolute atomic E-state index is 11.3. The number of ether oxygens (including phenoxy) is 1. The van der Waals surface area contributed by atoms with Gasteiger partial charge in [-0.25, -0.2) is 4.79 Å². The van der Waals surface area contributed by atoms with Crippen LogP contribution in [-0.2, 0) is 4.74 Å². The van der Waals surface area contributed by atoms with Crippen molar-refractivity contribution in [1.82, 2.24) is 10.6 Å². The molecule has 16 heavy (non-hydrogen) atoms. The van der Waals surface area contributed by atoms with Crippen molar-refractivity contribution in [3.05, 3.63) is 11.8 Å². The van der Waals surface area contributed by atoms with Gasteiger partial charge in [-0.15, -0.1) is 0 Å². The molecule has 0 spiro atoms. The van der Waals surface area contributed by atoms with Crippen LogP contribution in [0.4, 0.5) is 4.79 Å². The van der Waals surface area contributed by atoms with Gasteiger partial charge in [0.1, 0.15) is 0 Å². The standard InChI is InChI=1S/C11H20N2O3/c14-6-8-16-7-5-12-11(15)13-9-10-3-1-2-4-10/h9,14H,1-8H2,(H2,12,13,15). The summed E-state index contributed by atoms with van der Waals surface area (Å²) >= 11 is 0. The molecule has 2 amide bonds. The van der Waals surface area contributed by atoms with Gasteiger partial charge in [0.2, 0.25) is 0 Å². The highest BCUT2D eigenvalue weighted by molar-refractivity contribution is 5.74. The van der Waals surface area contributed by atoms with Crippen molar-refractivity contribution in [3.63, 3.8) is 0 Å². The zero-order valence-corrected chi connectivity index (χ0v) is 9.50. The van der Waals surface area contributed by atoms with E-state index >= 15 is 0 Å². The van der Waals surface area contributed by atoms with Crippen molar-refractivity contribution >= 4 is 6.03 Å². The predicted molar refractivity (Wildman–Crippen MR) is 61.0 cm³/mol. The molecule has 0 bridgehead atoms. The first-order chi connectivity index (χ1) is 7.83. The minimum Gasteiger partial charge on any atom is -0.394 e. The van der Waals surface area contributed by atoms with Gasteiger partial charge < -0.3 is 20.5 Å². The van der Waals surface area contributed by atoms with Crippen LogP contribution in [0.2, 0.25) is 0 Å². The third-order valence-electron chi connectivity index (χ3n) is 2.42. The van der Waals surface area contributed by atoms with E-state index in [0.29, 0.717) is 19.8 Å². The van der Waals surface area contributed by atoms with Crippen LogP contribution >= 0.6 is 0 Å². The normalized spacial score (nSPS) is 14.9. The first kappa shape index (κ1) is 13.0. The summed E-state index contributed by atoms with van der Waals surface area (Å²) in [6.45, 7) is 1.20. The number of carbonyl (C=O) groups excluding carboxylic acids is 1. The van der Waals surface area contributed by atoms with Gasteiger partial charge in [0, 0.05) is 12.7 Å². The molecule has 5 nitrogen and oxygen atoms in total. The summed E-state index contributed by atoms with van der Waals surface area (Å²) in [5.74, 6) is 0. The van der Waals surface area contributed by atoms with E-state index in [1.807, 2.05) is 0 Å².